The molecule has 1 heterocycles. The van der Waals surface area contributed by atoms with Crippen molar-refractivity contribution in [2.24, 2.45) is 0 Å². The van der Waals surface area contributed by atoms with E-state index >= 15 is 0 Å². The highest BCUT2D eigenvalue weighted by Crippen LogP contribution is 2.24. The number of hydrogen-bond acceptors (Lipinski definition) is 4. The van der Waals surface area contributed by atoms with Crippen LogP contribution in [-0.2, 0) is 0 Å². The molecule has 0 bridgehead atoms. The zero-order valence-corrected chi connectivity index (χ0v) is 10.7. The monoisotopic (exact) mass is 284 g/mol. The second kappa shape index (κ2) is 5.20. The molecule has 0 atom stereocenters. The third-order valence-corrected chi connectivity index (χ3v) is 2.91. The van der Waals surface area contributed by atoms with Crippen molar-refractivity contribution in [2.75, 3.05) is 0 Å². The van der Waals surface area contributed by atoms with E-state index < -0.39 is 17.4 Å². The zero-order chi connectivity index (χ0) is 14.8. The molecule has 0 radical (unpaired) electrons. The van der Waals surface area contributed by atoms with Gasteiger partial charge >= 0.3 is 11.6 Å². The lowest BCUT2D eigenvalue weighted by molar-refractivity contribution is 0.0731. The minimum Gasteiger partial charge on any atom is -0.422 e. The van der Waals surface area contributed by atoms with Crippen LogP contribution in [0.2, 0.25) is 0 Å². The second-order valence-electron chi connectivity index (χ2n) is 4.30. The lowest BCUT2D eigenvalue weighted by Gasteiger charge is -2.07. The number of para-hydroxylation sites is 1. The highest BCUT2D eigenvalue weighted by atomic mass is 19.1. The zero-order valence-electron chi connectivity index (χ0n) is 10.7. The van der Waals surface area contributed by atoms with Gasteiger partial charge in [-0.3, -0.25) is 0 Å². The molecule has 0 spiro atoms. The maximum Gasteiger partial charge on any atom is 0.346 e. The van der Waals surface area contributed by atoms with Gasteiger partial charge in [0.25, 0.3) is 0 Å². The number of hydrogen-bond donors (Lipinski definition) is 0. The van der Waals surface area contributed by atoms with Crippen LogP contribution in [0.15, 0.2) is 63.8 Å². The molecule has 3 rings (SSSR count). The summed E-state index contributed by atoms with van der Waals surface area (Å²) < 4.78 is 23.7. The number of fused-ring (bicyclic) bond motifs is 1. The van der Waals surface area contributed by atoms with Gasteiger partial charge in [-0.2, -0.15) is 0 Å². The van der Waals surface area contributed by atoms with Gasteiger partial charge in [-0.05, 0) is 24.3 Å². The fourth-order valence-corrected chi connectivity index (χ4v) is 1.95. The normalized spacial score (nSPS) is 10.5. The molecule has 0 unspecified atom stereocenters. The van der Waals surface area contributed by atoms with E-state index in [1.54, 1.807) is 24.3 Å². The maximum absolute atomic E-state index is 13.6. The number of halogens is 1. The minimum absolute atomic E-state index is 0.0371. The van der Waals surface area contributed by atoms with Crippen LogP contribution < -0.4 is 10.4 Å². The first kappa shape index (κ1) is 13.1. The fraction of sp³-hybridized carbons (Fsp3) is 0. The van der Waals surface area contributed by atoms with Gasteiger partial charge in [0.05, 0.1) is 17.0 Å². The van der Waals surface area contributed by atoms with Crippen molar-refractivity contribution in [3.8, 4) is 5.75 Å². The van der Waals surface area contributed by atoms with E-state index in [-0.39, 0.29) is 11.3 Å². The molecule has 0 saturated carbocycles. The third-order valence-electron chi connectivity index (χ3n) is 2.91. The number of benzene rings is 2. The standard InChI is InChI=1S/C16H9FO4/c17-12-7-3-1-5-10(12)16(19)21-14-9-15(18)20-13-8-4-2-6-11(13)14/h1-9H. The summed E-state index contributed by atoms with van der Waals surface area (Å²) in [5.41, 5.74) is -0.554. The summed E-state index contributed by atoms with van der Waals surface area (Å²) in [6.45, 7) is 0. The van der Waals surface area contributed by atoms with Gasteiger partial charge in [0.2, 0.25) is 0 Å². The molecule has 0 aliphatic heterocycles. The first-order valence-electron chi connectivity index (χ1n) is 6.15. The smallest absolute Gasteiger partial charge is 0.346 e. The Morgan fingerprint density at radius 1 is 1.05 bits per heavy atom. The Balaban J connectivity index is 2.04. The predicted octanol–water partition coefficient (Wildman–Crippen LogP) is 3.15. The second-order valence-corrected chi connectivity index (χ2v) is 4.30. The van der Waals surface area contributed by atoms with Crippen molar-refractivity contribution in [1.29, 1.82) is 0 Å². The average molecular weight is 284 g/mol. The highest BCUT2D eigenvalue weighted by Gasteiger charge is 2.15. The maximum atomic E-state index is 13.6. The van der Waals surface area contributed by atoms with Gasteiger partial charge < -0.3 is 9.15 Å². The average Bonchev–Trinajstić information content (AvgIpc) is 2.47. The molecule has 21 heavy (non-hydrogen) atoms. The van der Waals surface area contributed by atoms with Crippen LogP contribution in [0.5, 0.6) is 5.75 Å². The molecule has 0 amide bonds. The van der Waals surface area contributed by atoms with Gasteiger partial charge in [0.15, 0.2) is 0 Å². The molecule has 2 aromatic carbocycles. The Morgan fingerprint density at radius 2 is 1.76 bits per heavy atom. The van der Waals surface area contributed by atoms with E-state index in [0.29, 0.717) is 11.0 Å². The van der Waals surface area contributed by atoms with Crippen molar-refractivity contribution >= 4 is 16.9 Å². The molecule has 1 aromatic heterocycles. The number of ether oxygens (including phenoxy) is 1. The van der Waals surface area contributed by atoms with E-state index in [2.05, 4.69) is 0 Å². The van der Waals surface area contributed by atoms with Crippen LogP contribution in [0, 0.1) is 5.82 Å². The molecule has 5 heteroatoms. The molecule has 0 saturated heterocycles. The third kappa shape index (κ3) is 2.53. The van der Waals surface area contributed by atoms with Crippen molar-refractivity contribution in [3.05, 3.63) is 76.4 Å². The fourth-order valence-electron chi connectivity index (χ4n) is 1.95. The molecule has 0 aliphatic carbocycles. The molecule has 0 N–H and O–H groups in total. The topological polar surface area (TPSA) is 56.5 Å². The molecule has 0 fully saturated rings. The molecule has 0 aliphatic rings. The van der Waals surface area contributed by atoms with Crippen LogP contribution >= 0.6 is 0 Å². The van der Waals surface area contributed by atoms with Gasteiger partial charge in [-0.25, -0.2) is 14.0 Å². The van der Waals surface area contributed by atoms with Crippen LogP contribution in [-0.4, -0.2) is 5.97 Å². The Labute approximate surface area is 118 Å². The van der Waals surface area contributed by atoms with Gasteiger partial charge in [-0.15, -0.1) is 0 Å². The van der Waals surface area contributed by atoms with Crippen LogP contribution in [0.1, 0.15) is 10.4 Å². The Morgan fingerprint density at radius 3 is 2.57 bits per heavy atom. The predicted molar refractivity (Wildman–Crippen MR) is 73.8 cm³/mol. The molecule has 104 valence electrons. The van der Waals surface area contributed by atoms with Gasteiger partial charge in [0, 0.05) is 0 Å². The number of rotatable bonds is 2. The summed E-state index contributed by atoms with van der Waals surface area (Å²) in [6.07, 6.45) is 0. The van der Waals surface area contributed by atoms with Crippen LogP contribution in [0.25, 0.3) is 11.0 Å². The van der Waals surface area contributed by atoms with Crippen molar-refractivity contribution < 1.29 is 18.3 Å². The highest BCUT2D eigenvalue weighted by molar-refractivity contribution is 5.94. The largest absolute Gasteiger partial charge is 0.422 e. The summed E-state index contributed by atoms with van der Waals surface area (Å²) in [5, 5.41) is 0.460. The van der Waals surface area contributed by atoms with Crippen molar-refractivity contribution in [3.63, 3.8) is 0 Å². The lowest BCUT2D eigenvalue weighted by atomic mass is 10.2. The molecular formula is C16H9FO4. The van der Waals surface area contributed by atoms with E-state index in [4.69, 9.17) is 9.15 Å². The van der Waals surface area contributed by atoms with E-state index in [9.17, 15) is 14.0 Å². The Bertz CT molecular complexity index is 883. The first-order chi connectivity index (χ1) is 10.1. The summed E-state index contributed by atoms with van der Waals surface area (Å²) >= 11 is 0. The summed E-state index contributed by atoms with van der Waals surface area (Å²) in [5.74, 6) is -1.52. The van der Waals surface area contributed by atoms with Crippen LogP contribution in [0.3, 0.4) is 0 Å². The summed E-state index contributed by atoms with van der Waals surface area (Å²) in [6, 6.07) is 13.1. The number of carbonyl (C=O) groups is 1. The van der Waals surface area contributed by atoms with Crippen molar-refractivity contribution in [1.82, 2.24) is 0 Å². The minimum atomic E-state index is -0.871. The van der Waals surface area contributed by atoms with E-state index in [1.165, 1.54) is 18.2 Å². The van der Waals surface area contributed by atoms with Gasteiger partial charge in [0.1, 0.15) is 17.1 Å². The summed E-state index contributed by atoms with van der Waals surface area (Å²) in [7, 11) is 0. The quantitative estimate of drug-likeness (QED) is 0.536. The van der Waals surface area contributed by atoms with Crippen LogP contribution in [0.4, 0.5) is 4.39 Å². The molecular weight excluding hydrogens is 275 g/mol. The number of esters is 1. The van der Waals surface area contributed by atoms with Gasteiger partial charge in [-0.1, -0.05) is 24.3 Å². The first-order valence-corrected chi connectivity index (χ1v) is 6.15. The SMILES string of the molecule is O=C(Oc1cc(=O)oc2ccccc12)c1ccccc1F. The Hall–Kier alpha value is -2.95. The van der Waals surface area contributed by atoms with E-state index in [0.717, 1.165) is 12.1 Å². The molecule has 3 aromatic rings. The number of carbonyl (C=O) groups excluding carboxylic acids is 1. The lowest BCUT2D eigenvalue weighted by Crippen LogP contribution is -2.12. The molecule has 4 nitrogen and oxygen atoms in total. The van der Waals surface area contributed by atoms with Crippen molar-refractivity contribution in [2.45, 2.75) is 0 Å². The summed E-state index contributed by atoms with van der Waals surface area (Å²) in [4.78, 5) is 23.5. The Kier molecular flexibility index (Phi) is 3.23. The van der Waals surface area contributed by atoms with E-state index in [1.807, 2.05) is 0 Å².